The van der Waals surface area contributed by atoms with Crippen molar-refractivity contribution in [1.82, 2.24) is 0 Å². The van der Waals surface area contributed by atoms with Crippen molar-refractivity contribution in [3.8, 4) is 0 Å². The van der Waals surface area contributed by atoms with Crippen molar-refractivity contribution in [3.63, 3.8) is 0 Å². The molecule has 2 aromatic carbocycles. The van der Waals surface area contributed by atoms with Crippen molar-refractivity contribution in [3.05, 3.63) is 59.7 Å². The maximum Gasteiger partial charge on any atom is 0.106 e. The second-order valence-corrected chi connectivity index (χ2v) is 5.67. The minimum absolute atomic E-state index is 0.450. The monoisotopic (exact) mass is 298 g/mol. The number of para-hydroxylation sites is 1. The molecule has 110 valence electrons. The van der Waals surface area contributed by atoms with E-state index in [4.69, 9.17) is 18.0 Å². The first kappa shape index (κ1) is 15.5. The van der Waals surface area contributed by atoms with Crippen molar-refractivity contribution < 1.29 is 0 Å². The number of benzene rings is 2. The van der Waals surface area contributed by atoms with Crippen LogP contribution < -0.4 is 10.6 Å². The third kappa shape index (κ3) is 3.82. The first-order chi connectivity index (χ1) is 10.1. The van der Waals surface area contributed by atoms with Crippen molar-refractivity contribution in [2.45, 2.75) is 26.7 Å². The molecule has 2 rings (SSSR count). The van der Waals surface area contributed by atoms with Gasteiger partial charge in [0.05, 0.1) is 5.69 Å². The molecule has 0 amide bonds. The summed E-state index contributed by atoms with van der Waals surface area (Å²) in [4.78, 5) is 2.75. The molecule has 0 aliphatic rings. The number of rotatable bonds is 6. The summed E-state index contributed by atoms with van der Waals surface area (Å²) in [7, 11) is 0. The number of nitrogens with zero attached hydrogens (tertiary/aromatic N) is 1. The maximum absolute atomic E-state index is 5.93. The normalized spacial score (nSPS) is 10.4. The lowest BCUT2D eigenvalue weighted by Gasteiger charge is -2.27. The molecule has 2 nitrogen and oxygen atoms in total. The summed E-state index contributed by atoms with van der Waals surface area (Å²) >= 11 is 5.24. The second kappa shape index (κ2) is 7.23. The van der Waals surface area contributed by atoms with Crippen LogP contribution in [0.4, 0.5) is 11.4 Å². The molecular weight excluding hydrogens is 276 g/mol. The average molecular weight is 298 g/mol. The Labute approximate surface area is 132 Å². The van der Waals surface area contributed by atoms with Crippen molar-refractivity contribution >= 4 is 28.6 Å². The molecule has 0 aromatic heterocycles. The highest BCUT2D eigenvalue weighted by molar-refractivity contribution is 7.80. The Morgan fingerprint density at radius 2 is 1.86 bits per heavy atom. The summed E-state index contributed by atoms with van der Waals surface area (Å²) in [6.07, 6.45) is 2.27. The lowest BCUT2D eigenvalue weighted by Crippen LogP contribution is -2.22. The van der Waals surface area contributed by atoms with Crippen LogP contribution in [0, 0.1) is 6.92 Å². The lowest BCUT2D eigenvalue weighted by atomic mass is 10.1. The van der Waals surface area contributed by atoms with Crippen LogP contribution in [0.1, 0.15) is 30.9 Å². The average Bonchev–Trinajstić information content (AvgIpc) is 2.49. The predicted octanol–water partition coefficient (Wildman–Crippen LogP) is 4.57. The Bertz CT molecular complexity index is 608. The number of hydrogen-bond acceptors (Lipinski definition) is 2. The van der Waals surface area contributed by atoms with E-state index in [1.165, 1.54) is 11.3 Å². The van der Waals surface area contributed by atoms with Gasteiger partial charge in [0.1, 0.15) is 4.99 Å². The molecule has 0 saturated heterocycles. The number of thiocarbonyl (C=S) groups is 1. The van der Waals surface area contributed by atoms with E-state index in [1.807, 2.05) is 6.07 Å². The maximum atomic E-state index is 5.93. The van der Waals surface area contributed by atoms with Gasteiger partial charge in [0.15, 0.2) is 0 Å². The minimum atomic E-state index is 0.450. The quantitative estimate of drug-likeness (QED) is 0.792. The molecule has 21 heavy (non-hydrogen) atoms. The van der Waals surface area contributed by atoms with Gasteiger partial charge in [-0.3, -0.25) is 0 Å². The molecule has 0 bridgehead atoms. The van der Waals surface area contributed by atoms with E-state index < -0.39 is 0 Å². The number of aryl methyl sites for hydroxylation is 1. The Hall–Kier alpha value is -1.87. The molecule has 0 saturated carbocycles. The van der Waals surface area contributed by atoms with Crippen molar-refractivity contribution in [2.75, 3.05) is 11.4 Å². The zero-order chi connectivity index (χ0) is 15.2. The smallest absolute Gasteiger partial charge is 0.106 e. The van der Waals surface area contributed by atoms with E-state index in [1.54, 1.807) is 0 Å². The molecular formula is C18H22N2S. The molecule has 0 aliphatic carbocycles. The molecule has 0 spiro atoms. The highest BCUT2D eigenvalue weighted by atomic mass is 32.1. The Kier molecular flexibility index (Phi) is 5.34. The number of unbranched alkanes of at least 4 members (excludes halogenated alkanes) is 1. The Morgan fingerprint density at radius 3 is 2.48 bits per heavy atom. The minimum Gasteiger partial charge on any atom is -0.389 e. The van der Waals surface area contributed by atoms with E-state index in [0.29, 0.717) is 4.99 Å². The van der Waals surface area contributed by atoms with Gasteiger partial charge in [0.2, 0.25) is 0 Å². The second-order valence-electron chi connectivity index (χ2n) is 5.23. The number of hydrogen-bond donors (Lipinski definition) is 1. The van der Waals surface area contributed by atoms with Crippen LogP contribution in [-0.2, 0) is 0 Å². The van der Waals surface area contributed by atoms with Crippen LogP contribution in [0.5, 0.6) is 0 Å². The molecule has 0 aliphatic heterocycles. The molecule has 3 heteroatoms. The summed E-state index contributed by atoms with van der Waals surface area (Å²) in [5.74, 6) is 0. The van der Waals surface area contributed by atoms with Crippen LogP contribution >= 0.6 is 12.2 Å². The largest absolute Gasteiger partial charge is 0.389 e. The molecule has 2 N–H and O–H groups in total. The fraction of sp³-hybridized carbons (Fsp3) is 0.278. The molecule has 0 radical (unpaired) electrons. The highest BCUT2D eigenvalue weighted by Crippen LogP contribution is 2.29. The van der Waals surface area contributed by atoms with Crippen molar-refractivity contribution in [2.24, 2.45) is 5.73 Å². The van der Waals surface area contributed by atoms with E-state index in [2.05, 4.69) is 61.2 Å². The van der Waals surface area contributed by atoms with E-state index in [-0.39, 0.29) is 0 Å². The van der Waals surface area contributed by atoms with Gasteiger partial charge >= 0.3 is 0 Å². The zero-order valence-corrected chi connectivity index (χ0v) is 13.5. The van der Waals surface area contributed by atoms with Crippen LogP contribution in [0.25, 0.3) is 0 Å². The molecule has 0 heterocycles. The van der Waals surface area contributed by atoms with Gasteiger partial charge in [-0.1, -0.05) is 55.4 Å². The fourth-order valence-corrected chi connectivity index (χ4v) is 2.56. The molecule has 2 aromatic rings. The van der Waals surface area contributed by atoms with Gasteiger partial charge in [0, 0.05) is 17.8 Å². The van der Waals surface area contributed by atoms with Crippen LogP contribution in [0.3, 0.4) is 0 Å². The summed E-state index contributed by atoms with van der Waals surface area (Å²) in [5, 5.41) is 0. The SMILES string of the molecule is CCCCN(c1ccccc1)c1ccc(C)cc1C(N)=S. The summed E-state index contributed by atoms with van der Waals surface area (Å²) < 4.78 is 0. The molecule has 0 atom stereocenters. The Morgan fingerprint density at radius 1 is 1.14 bits per heavy atom. The number of anilines is 2. The van der Waals surface area contributed by atoms with Gasteiger partial charge in [-0.15, -0.1) is 0 Å². The van der Waals surface area contributed by atoms with Gasteiger partial charge in [-0.25, -0.2) is 0 Å². The molecule has 0 fully saturated rings. The van der Waals surface area contributed by atoms with Crippen LogP contribution in [0.15, 0.2) is 48.5 Å². The van der Waals surface area contributed by atoms with E-state index >= 15 is 0 Å². The van der Waals surface area contributed by atoms with Crippen LogP contribution in [0.2, 0.25) is 0 Å². The van der Waals surface area contributed by atoms with E-state index in [0.717, 1.165) is 30.6 Å². The van der Waals surface area contributed by atoms with Gasteiger partial charge < -0.3 is 10.6 Å². The highest BCUT2D eigenvalue weighted by Gasteiger charge is 2.14. The summed E-state index contributed by atoms with van der Waals surface area (Å²) in [5.41, 5.74) is 10.3. The van der Waals surface area contributed by atoms with Crippen LogP contribution in [-0.4, -0.2) is 11.5 Å². The van der Waals surface area contributed by atoms with Gasteiger partial charge in [-0.05, 0) is 37.6 Å². The fourth-order valence-electron chi connectivity index (χ4n) is 2.40. The third-order valence-electron chi connectivity index (χ3n) is 3.51. The summed E-state index contributed by atoms with van der Waals surface area (Å²) in [6.45, 7) is 5.22. The third-order valence-corrected chi connectivity index (χ3v) is 3.73. The van der Waals surface area contributed by atoms with Gasteiger partial charge in [-0.2, -0.15) is 0 Å². The first-order valence-corrected chi connectivity index (χ1v) is 7.77. The Balaban J connectivity index is 2.48. The van der Waals surface area contributed by atoms with Gasteiger partial charge in [0.25, 0.3) is 0 Å². The zero-order valence-electron chi connectivity index (χ0n) is 12.7. The topological polar surface area (TPSA) is 29.3 Å². The summed E-state index contributed by atoms with van der Waals surface area (Å²) in [6, 6.07) is 16.7. The lowest BCUT2D eigenvalue weighted by molar-refractivity contribution is 0.785. The molecule has 0 unspecified atom stereocenters. The van der Waals surface area contributed by atoms with E-state index in [9.17, 15) is 0 Å². The standard InChI is InChI=1S/C18H22N2S/c1-3-4-12-20(15-8-6-5-7-9-15)17-11-10-14(2)13-16(17)18(19)21/h5-11,13H,3-4,12H2,1-2H3,(H2,19,21). The number of nitrogens with two attached hydrogens (primary N) is 1. The first-order valence-electron chi connectivity index (χ1n) is 7.36. The van der Waals surface area contributed by atoms with Crippen molar-refractivity contribution in [1.29, 1.82) is 0 Å². The predicted molar refractivity (Wildman–Crippen MR) is 95.4 cm³/mol.